The van der Waals surface area contributed by atoms with Crippen LogP contribution in [0.3, 0.4) is 0 Å². The molecule has 1 saturated carbocycles. The number of hydrogen-bond acceptors (Lipinski definition) is 3. The Balaban J connectivity index is 1.47. The van der Waals surface area contributed by atoms with Crippen LogP contribution in [0.1, 0.15) is 57.9 Å². The minimum absolute atomic E-state index is 0.0186. The smallest absolute Gasteiger partial charge is 0.226 e. The van der Waals surface area contributed by atoms with Gasteiger partial charge in [0.05, 0.1) is 0 Å². The molecular weight excluding hydrogens is 334 g/mol. The molecule has 1 aromatic rings. The van der Waals surface area contributed by atoms with Gasteiger partial charge in [0.1, 0.15) is 0 Å². The first-order valence-electron chi connectivity index (χ1n) is 10.8. The molecule has 0 atom stereocenters. The average Bonchev–Trinajstić information content (AvgIpc) is 3.53. The second-order valence-corrected chi connectivity index (χ2v) is 9.42. The molecule has 0 bridgehead atoms. The van der Waals surface area contributed by atoms with Crippen molar-refractivity contribution in [1.82, 2.24) is 15.1 Å². The number of carbonyl (C=O) groups is 1. The highest BCUT2D eigenvalue weighted by Gasteiger charge is 2.45. The molecule has 3 aliphatic rings. The van der Waals surface area contributed by atoms with Crippen LogP contribution in [0.2, 0.25) is 0 Å². The zero-order valence-electron chi connectivity index (χ0n) is 17.0. The highest BCUT2D eigenvalue weighted by molar-refractivity contribution is 5.81. The summed E-state index contributed by atoms with van der Waals surface area (Å²) in [5, 5.41) is 3.50. The Kier molecular flexibility index (Phi) is 5.30. The summed E-state index contributed by atoms with van der Waals surface area (Å²) >= 11 is 0. The standard InChI is InChI=1S/C23H35N3O/c1-22(10-14-24-15-11-22)25-16-12-23(2,13-17-25)26(21(27)20-8-9-20)18-19-6-4-3-5-7-19/h3-7,20,24H,8-18H2,1-2H3. The molecule has 148 valence electrons. The van der Waals surface area contributed by atoms with E-state index in [0.717, 1.165) is 58.4 Å². The maximum atomic E-state index is 13.2. The Hall–Kier alpha value is -1.39. The van der Waals surface area contributed by atoms with Crippen molar-refractivity contribution in [2.75, 3.05) is 26.2 Å². The summed E-state index contributed by atoms with van der Waals surface area (Å²) in [5.74, 6) is 0.674. The summed E-state index contributed by atoms with van der Waals surface area (Å²) in [6, 6.07) is 10.5. The van der Waals surface area contributed by atoms with Gasteiger partial charge in [0.15, 0.2) is 0 Å². The van der Waals surface area contributed by atoms with Crippen LogP contribution in [0, 0.1) is 5.92 Å². The number of likely N-dealkylation sites (tertiary alicyclic amines) is 1. The largest absolute Gasteiger partial charge is 0.333 e. The molecule has 1 amide bonds. The van der Waals surface area contributed by atoms with Crippen LogP contribution in [-0.4, -0.2) is 53.0 Å². The van der Waals surface area contributed by atoms with E-state index in [0.29, 0.717) is 11.4 Å². The average molecular weight is 370 g/mol. The SMILES string of the molecule is CC1(N2CCC(C)(N(Cc3ccccc3)C(=O)C3CC3)CC2)CCNCC1. The number of nitrogens with one attached hydrogen (secondary N) is 1. The molecule has 2 aliphatic heterocycles. The topological polar surface area (TPSA) is 35.6 Å². The molecule has 4 rings (SSSR count). The second-order valence-electron chi connectivity index (χ2n) is 9.42. The van der Waals surface area contributed by atoms with Crippen molar-refractivity contribution in [1.29, 1.82) is 0 Å². The molecule has 2 heterocycles. The van der Waals surface area contributed by atoms with Crippen molar-refractivity contribution in [3.05, 3.63) is 35.9 Å². The lowest BCUT2D eigenvalue weighted by Gasteiger charge is -2.52. The van der Waals surface area contributed by atoms with Gasteiger partial charge in [-0.3, -0.25) is 9.69 Å². The van der Waals surface area contributed by atoms with Crippen molar-refractivity contribution in [2.24, 2.45) is 5.92 Å². The minimum atomic E-state index is -0.0186. The van der Waals surface area contributed by atoms with Crippen LogP contribution in [0.25, 0.3) is 0 Å². The number of hydrogen-bond donors (Lipinski definition) is 1. The third kappa shape index (κ3) is 4.07. The minimum Gasteiger partial charge on any atom is -0.333 e. The zero-order valence-corrected chi connectivity index (χ0v) is 17.0. The van der Waals surface area contributed by atoms with E-state index in [1.54, 1.807) is 0 Å². The summed E-state index contributed by atoms with van der Waals surface area (Å²) in [6.07, 6.45) is 6.80. The highest BCUT2D eigenvalue weighted by atomic mass is 16.2. The summed E-state index contributed by atoms with van der Waals surface area (Å²) in [5.41, 5.74) is 1.56. The number of carbonyl (C=O) groups excluding carboxylic acids is 1. The fourth-order valence-corrected chi connectivity index (χ4v) is 4.93. The van der Waals surface area contributed by atoms with E-state index in [-0.39, 0.29) is 11.5 Å². The number of amides is 1. The van der Waals surface area contributed by atoms with Crippen molar-refractivity contribution in [3.8, 4) is 0 Å². The third-order valence-corrected chi connectivity index (χ3v) is 7.31. The molecule has 27 heavy (non-hydrogen) atoms. The van der Waals surface area contributed by atoms with Gasteiger partial charge >= 0.3 is 0 Å². The van der Waals surface area contributed by atoms with E-state index in [4.69, 9.17) is 0 Å². The van der Waals surface area contributed by atoms with Crippen LogP contribution in [0.15, 0.2) is 30.3 Å². The fourth-order valence-electron chi connectivity index (χ4n) is 4.93. The van der Waals surface area contributed by atoms with Crippen molar-refractivity contribution in [2.45, 2.75) is 70.0 Å². The van der Waals surface area contributed by atoms with E-state index in [1.165, 1.54) is 18.4 Å². The summed E-state index contributed by atoms with van der Waals surface area (Å²) in [4.78, 5) is 18.1. The predicted molar refractivity (Wildman–Crippen MR) is 109 cm³/mol. The number of nitrogens with zero attached hydrogens (tertiary/aromatic N) is 2. The first-order valence-corrected chi connectivity index (χ1v) is 10.8. The molecule has 0 unspecified atom stereocenters. The van der Waals surface area contributed by atoms with Gasteiger partial charge in [-0.05, 0) is 71.0 Å². The van der Waals surface area contributed by atoms with Gasteiger partial charge < -0.3 is 10.2 Å². The maximum absolute atomic E-state index is 13.2. The fraction of sp³-hybridized carbons (Fsp3) is 0.696. The van der Waals surface area contributed by atoms with Crippen LogP contribution >= 0.6 is 0 Å². The summed E-state index contributed by atoms with van der Waals surface area (Å²) in [7, 11) is 0. The van der Waals surface area contributed by atoms with Gasteiger partial charge in [-0.2, -0.15) is 0 Å². The molecule has 4 nitrogen and oxygen atoms in total. The molecular formula is C23H35N3O. The van der Waals surface area contributed by atoms with Gasteiger partial charge in [-0.1, -0.05) is 30.3 Å². The second kappa shape index (κ2) is 7.56. The Morgan fingerprint density at radius 3 is 2.30 bits per heavy atom. The van der Waals surface area contributed by atoms with Crippen LogP contribution in [-0.2, 0) is 11.3 Å². The molecule has 1 N–H and O–H groups in total. The Morgan fingerprint density at radius 1 is 1.07 bits per heavy atom. The normalized spacial score (nSPS) is 25.1. The van der Waals surface area contributed by atoms with Gasteiger partial charge in [-0.15, -0.1) is 0 Å². The van der Waals surface area contributed by atoms with Gasteiger partial charge in [0, 0.05) is 36.6 Å². The molecule has 0 radical (unpaired) electrons. The zero-order chi connectivity index (χ0) is 18.9. The van der Waals surface area contributed by atoms with E-state index in [1.807, 2.05) is 0 Å². The lowest BCUT2D eigenvalue weighted by Crippen LogP contribution is -2.61. The van der Waals surface area contributed by atoms with Gasteiger partial charge in [0.2, 0.25) is 5.91 Å². The monoisotopic (exact) mass is 369 g/mol. The molecule has 0 spiro atoms. The molecule has 1 aromatic carbocycles. The van der Waals surface area contributed by atoms with Gasteiger partial charge in [-0.25, -0.2) is 0 Å². The Bertz CT molecular complexity index is 641. The Labute approximate surface area is 164 Å². The predicted octanol–water partition coefficient (Wildman–Crippen LogP) is 3.42. The Morgan fingerprint density at radius 2 is 1.70 bits per heavy atom. The quantitative estimate of drug-likeness (QED) is 0.864. The van der Waals surface area contributed by atoms with Crippen LogP contribution in [0.4, 0.5) is 0 Å². The van der Waals surface area contributed by atoms with E-state index in [9.17, 15) is 4.79 Å². The van der Waals surface area contributed by atoms with Crippen LogP contribution in [0.5, 0.6) is 0 Å². The van der Waals surface area contributed by atoms with Crippen molar-refractivity contribution >= 4 is 5.91 Å². The highest BCUT2D eigenvalue weighted by Crippen LogP contribution is 2.39. The molecule has 3 fully saturated rings. The lowest BCUT2D eigenvalue weighted by molar-refractivity contribution is -0.142. The van der Waals surface area contributed by atoms with Crippen molar-refractivity contribution < 1.29 is 4.79 Å². The lowest BCUT2D eigenvalue weighted by atomic mass is 9.81. The summed E-state index contributed by atoms with van der Waals surface area (Å²) in [6.45, 7) is 10.0. The van der Waals surface area contributed by atoms with E-state index in [2.05, 4.69) is 59.3 Å². The van der Waals surface area contributed by atoms with E-state index < -0.39 is 0 Å². The molecule has 2 saturated heterocycles. The van der Waals surface area contributed by atoms with Crippen LogP contribution < -0.4 is 5.32 Å². The summed E-state index contributed by atoms with van der Waals surface area (Å²) < 4.78 is 0. The maximum Gasteiger partial charge on any atom is 0.226 e. The molecule has 4 heteroatoms. The third-order valence-electron chi connectivity index (χ3n) is 7.31. The molecule has 1 aliphatic carbocycles. The van der Waals surface area contributed by atoms with E-state index >= 15 is 0 Å². The molecule has 0 aromatic heterocycles. The number of benzene rings is 1. The first kappa shape index (κ1) is 18.9. The van der Waals surface area contributed by atoms with Gasteiger partial charge in [0.25, 0.3) is 0 Å². The number of piperidine rings is 2. The number of rotatable bonds is 5. The first-order chi connectivity index (χ1) is 13.0. The van der Waals surface area contributed by atoms with Crippen molar-refractivity contribution in [3.63, 3.8) is 0 Å².